The van der Waals surface area contributed by atoms with Gasteiger partial charge in [-0.1, -0.05) is 6.07 Å². The second-order valence-electron chi connectivity index (χ2n) is 6.20. The predicted octanol–water partition coefficient (Wildman–Crippen LogP) is 3.81. The van der Waals surface area contributed by atoms with E-state index in [4.69, 9.17) is 9.73 Å². The molecule has 0 aromatic carbocycles. The summed E-state index contributed by atoms with van der Waals surface area (Å²) in [6.07, 6.45) is 2.83. The van der Waals surface area contributed by atoms with E-state index in [1.807, 2.05) is 33.2 Å². The molecule has 2 rings (SSSR count). The van der Waals surface area contributed by atoms with Crippen LogP contribution in [-0.2, 0) is 17.7 Å². The van der Waals surface area contributed by atoms with Crippen molar-refractivity contribution in [1.82, 2.24) is 20.2 Å². The molecule has 0 fully saturated rings. The Hall–Kier alpha value is -1.26. The first-order chi connectivity index (χ1) is 12.5. The molecule has 8 heteroatoms. The van der Waals surface area contributed by atoms with E-state index in [0.717, 1.165) is 41.9 Å². The number of hydrogen-bond donors (Lipinski definition) is 1. The first-order valence-electron chi connectivity index (χ1n) is 8.91. The number of aryl methyl sites for hydroxylation is 1. The monoisotopic (exact) mass is 503 g/mol. The lowest BCUT2D eigenvalue weighted by molar-refractivity contribution is 0.119. The zero-order valence-corrected chi connectivity index (χ0v) is 19.9. The molecule has 2 aromatic heterocycles. The van der Waals surface area contributed by atoms with Crippen LogP contribution in [0.2, 0.25) is 0 Å². The highest BCUT2D eigenvalue weighted by molar-refractivity contribution is 14.0. The third-order valence-electron chi connectivity index (χ3n) is 4.00. The molecule has 0 aliphatic rings. The van der Waals surface area contributed by atoms with Crippen LogP contribution in [-0.4, -0.2) is 48.1 Å². The van der Waals surface area contributed by atoms with Gasteiger partial charge in [-0.2, -0.15) is 0 Å². The molecule has 27 heavy (non-hydrogen) atoms. The molecule has 1 atom stereocenters. The number of aliphatic imine (C=N–C) groups is 1. The van der Waals surface area contributed by atoms with Gasteiger partial charge in [-0.05, 0) is 38.8 Å². The van der Waals surface area contributed by atoms with E-state index in [1.165, 1.54) is 5.56 Å². The number of methoxy groups -OCH3 is 1. The van der Waals surface area contributed by atoms with E-state index in [-0.39, 0.29) is 30.1 Å². The van der Waals surface area contributed by atoms with E-state index >= 15 is 0 Å². The fourth-order valence-corrected chi connectivity index (χ4v) is 3.25. The number of guanidine groups is 1. The largest absolute Gasteiger partial charge is 0.375 e. The van der Waals surface area contributed by atoms with Crippen molar-refractivity contribution in [3.63, 3.8) is 0 Å². The Balaban J connectivity index is 0.00000364. The number of nitrogens with zero attached hydrogens (tertiary/aromatic N) is 4. The molecule has 0 saturated carbocycles. The summed E-state index contributed by atoms with van der Waals surface area (Å²) in [7, 11) is 3.74. The third kappa shape index (κ3) is 7.71. The predicted molar refractivity (Wildman–Crippen MR) is 123 cm³/mol. The Morgan fingerprint density at radius 2 is 2.19 bits per heavy atom. The average molecular weight is 503 g/mol. The van der Waals surface area contributed by atoms with E-state index in [1.54, 1.807) is 18.4 Å². The molecule has 1 unspecified atom stereocenters. The minimum Gasteiger partial charge on any atom is -0.375 e. The fourth-order valence-electron chi connectivity index (χ4n) is 2.41. The van der Waals surface area contributed by atoms with Crippen LogP contribution in [0.5, 0.6) is 0 Å². The van der Waals surface area contributed by atoms with Gasteiger partial charge in [0.05, 0.1) is 12.2 Å². The summed E-state index contributed by atoms with van der Waals surface area (Å²) >= 11 is 1.64. The van der Waals surface area contributed by atoms with Crippen LogP contribution in [0.4, 0.5) is 0 Å². The standard InChI is InChI=1S/C19H29N5OS.HI/c1-6-20-19(21-10-9-16-8-7-14(2)22-11-16)24(4)12-17-13-26-18(23-17)15(3)25-5;/h7-8,11,13,15H,6,9-10,12H2,1-5H3,(H,20,21);1H. The van der Waals surface area contributed by atoms with Gasteiger partial charge in [-0.3, -0.25) is 9.98 Å². The normalized spacial score (nSPS) is 12.4. The maximum Gasteiger partial charge on any atom is 0.194 e. The molecule has 0 saturated heterocycles. The van der Waals surface area contributed by atoms with E-state index in [0.29, 0.717) is 6.54 Å². The van der Waals surface area contributed by atoms with Crippen LogP contribution in [0.1, 0.15) is 41.9 Å². The van der Waals surface area contributed by atoms with Crippen molar-refractivity contribution in [3.8, 4) is 0 Å². The van der Waals surface area contributed by atoms with Gasteiger partial charge in [0, 0.05) is 44.5 Å². The summed E-state index contributed by atoms with van der Waals surface area (Å²) in [5, 5.41) is 6.44. The summed E-state index contributed by atoms with van der Waals surface area (Å²) in [5.41, 5.74) is 3.27. The fraction of sp³-hybridized carbons (Fsp3) is 0.526. The Kier molecular flexibility index (Phi) is 10.8. The second-order valence-corrected chi connectivity index (χ2v) is 7.09. The van der Waals surface area contributed by atoms with Gasteiger partial charge in [-0.25, -0.2) is 4.98 Å². The van der Waals surface area contributed by atoms with Crippen molar-refractivity contribution in [1.29, 1.82) is 0 Å². The van der Waals surface area contributed by atoms with Gasteiger partial charge >= 0.3 is 0 Å². The van der Waals surface area contributed by atoms with Crippen molar-refractivity contribution in [2.75, 3.05) is 27.2 Å². The van der Waals surface area contributed by atoms with Crippen molar-refractivity contribution >= 4 is 41.3 Å². The smallest absolute Gasteiger partial charge is 0.194 e. The lowest BCUT2D eigenvalue weighted by atomic mass is 10.2. The molecular weight excluding hydrogens is 473 g/mol. The van der Waals surface area contributed by atoms with Gasteiger partial charge in [0.25, 0.3) is 0 Å². The van der Waals surface area contributed by atoms with Gasteiger partial charge in [-0.15, -0.1) is 35.3 Å². The lowest BCUT2D eigenvalue weighted by Gasteiger charge is -2.21. The zero-order valence-electron chi connectivity index (χ0n) is 16.7. The number of thiazole rings is 1. The molecular formula is C19H30IN5OS. The quantitative estimate of drug-likeness (QED) is 0.337. The highest BCUT2D eigenvalue weighted by Crippen LogP contribution is 2.20. The number of rotatable bonds is 8. The van der Waals surface area contributed by atoms with Gasteiger partial charge < -0.3 is 15.0 Å². The second kappa shape index (κ2) is 12.2. The SMILES string of the molecule is CCNC(=NCCc1ccc(C)nc1)N(C)Cc1csc(C(C)OC)n1.I. The maximum atomic E-state index is 5.34. The van der Waals surface area contributed by atoms with E-state index in [2.05, 4.69) is 38.6 Å². The van der Waals surface area contributed by atoms with Gasteiger partial charge in [0.2, 0.25) is 0 Å². The molecule has 2 aromatic rings. The molecule has 0 radical (unpaired) electrons. The molecule has 0 aliphatic carbocycles. The Bertz CT molecular complexity index is 704. The summed E-state index contributed by atoms with van der Waals surface area (Å²) in [5.74, 6) is 0.891. The highest BCUT2D eigenvalue weighted by Gasteiger charge is 2.12. The molecule has 1 N–H and O–H groups in total. The van der Waals surface area contributed by atoms with Crippen molar-refractivity contribution in [2.45, 2.75) is 39.8 Å². The van der Waals surface area contributed by atoms with Crippen LogP contribution in [0.3, 0.4) is 0 Å². The Labute approximate surface area is 183 Å². The number of halogens is 1. The number of hydrogen-bond acceptors (Lipinski definition) is 5. The van der Waals surface area contributed by atoms with Crippen LogP contribution in [0, 0.1) is 6.92 Å². The summed E-state index contributed by atoms with van der Waals surface area (Å²) in [6, 6.07) is 4.15. The lowest BCUT2D eigenvalue weighted by Crippen LogP contribution is -2.38. The molecule has 0 bridgehead atoms. The van der Waals surface area contributed by atoms with Crippen LogP contribution in [0.25, 0.3) is 0 Å². The van der Waals surface area contributed by atoms with Gasteiger partial charge in [0.1, 0.15) is 11.1 Å². The van der Waals surface area contributed by atoms with Crippen LogP contribution >= 0.6 is 35.3 Å². The van der Waals surface area contributed by atoms with Gasteiger partial charge in [0.15, 0.2) is 5.96 Å². The van der Waals surface area contributed by atoms with Crippen LogP contribution < -0.4 is 5.32 Å². The maximum absolute atomic E-state index is 5.34. The summed E-state index contributed by atoms with van der Waals surface area (Å²) in [4.78, 5) is 15.8. The number of nitrogens with one attached hydrogen (secondary N) is 1. The van der Waals surface area contributed by atoms with Crippen molar-refractivity contribution in [2.24, 2.45) is 4.99 Å². The van der Waals surface area contributed by atoms with E-state index < -0.39 is 0 Å². The first kappa shape index (κ1) is 23.8. The first-order valence-corrected chi connectivity index (χ1v) is 9.79. The highest BCUT2D eigenvalue weighted by atomic mass is 127. The molecule has 150 valence electrons. The zero-order chi connectivity index (χ0) is 18.9. The number of pyridine rings is 1. The Morgan fingerprint density at radius 1 is 1.41 bits per heavy atom. The minimum absolute atomic E-state index is 0. The molecule has 0 spiro atoms. The average Bonchev–Trinajstić information content (AvgIpc) is 3.10. The Morgan fingerprint density at radius 3 is 2.81 bits per heavy atom. The van der Waals surface area contributed by atoms with Crippen LogP contribution in [0.15, 0.2) is 28.7 Å². The van der Waals surface area contributed by atoms with Crippen molar-refractivity contribution < 1.29 is 4.74 Å². The number of ether oxygens (including phenoxy) is 1. The topological polar surface area (TPSA) is 62.6 Å². The van der Waals surface area contributed by atoms with E-state index in [9.17, 15) is 0 Å². The molecule has 2 heterocycles. The minimum atomic E-state index is 0. The molecule has 6 nitrogen and oxygen atoms in total. The summed E-state index contributed by atoms with van der Waals surface area (Å²) in [6.45, 7) is 8.35. The van der Waals surface area contributed by atoms with Crippen molar-refractivity contribution in [3.05, 3.63) is 45.7 Å². The summed E-state index contributed by atoms with van der Waals surface area (Å²) < 4.78 is 5.34. The third-order valence-corrected chi connectivity index (χ3v) is 5.06. The number of aromatic nitrogens is 2. The molecule has 0 aliphatic heterocycles. The molecule has 0 amide bonds.